The highest BCUT2D eigenvalue weighted by atomic mass is 16.2. The molecule has 0 saturated carbocycles. The second-order valence-corrected chi connectivity index (χ2v) is 3.88. The maximum Gasteiger partial charge on any atom is 0.278 e. The van der Waals surface area contributed by atoms with Gasteiger partial charge in [0.05, 0.1) is 12.4 Å². The lowest BCUT2D eigenvalue weighted by molar-refractivity contribution is 0.102. The van der Waals surface area contributed by atoms with Crippen molar-refractivity contribution in [2.75, 3.05) is 17.2 Å². The number of hydrogen-bond acceptors (Lipinski definition) is 6. The number of carbonyl (C=O) groups excluding carboxylic acids is 1. The quantitative estimate of drug-likeness (QED) is 0.821. The third-order valence-electron chi connectivity index (χ3n) is 2.38. The number of aryl methyl sites for hydroxylation is 1. The van der Waals surface area contributed by atoms with Gasteiger partial charge in [-0.2, -0.15) is 10.1 Å². The van der Waals surface area contributed by atoms with Gasteiger partial charge in [-0.3, -0.25) is 10.1 Å². The van der Waals surface area contributed by atoms with E-state index in [1.807, 2.05) is 0 Å². The summed E-state index contributed by atoms with van der Waals surface area (Å²) in [7, 11) is 1.69. The van der Waals surface area contributed by atoms with E-state index in [9.17, 15) is 4.79 Å². The van der Waals surface area contributed by atoms with Crippen LogP contribution in [0.3, 0.4) is 0 Å². The van der Waals surface area contributed by atoms with Gasteiger partial charge in [0.25, 0.3) is 5.91 Å². The summed E-state index contributed by atoms with van der Waals surface area (Å²) in [6, 6.07) is 0. The monoisotopic (exact) mass is 261 g/mol. The summed E-state index contributed by atoms with van der Waals surface area (Å²) in [4.78, 5) is 23.9. The Kier molecular flexibility index (Phi) is 4.01. The topological polar surface area (TPSA) is 97.6 Å². The third kappa shape index (κ3) is 3.24. The van der Waals surface area contributed by atoms with Crippen LogP contribution < -0.4 is 10.6 Å². The molecule has 2 aromatic heterocycles. The molecule has 0 aliphatic carbocycles. The molecular weight excluding hydrogens is 246 g/mol. The van der Waals surface area contributed by atoms with Crippen LogP contribution in [-0.4, -0.2) is 37.2 Å². The molecule has 0 radical (unpaired) electrons. The average molecular weight is 261 g/mol. The Morgan fingerprint density at radius 3 is 2.74 bits per heavy atom. The van der Waals surface area contributed by atoms with E-state index >= 15 is 0 Å². The minimum atomic E-state index is -0.370. The fourth-order valence-corrected chi connectivity index (χ4v) is 1.36. The standard InChI is InChI=1S/C11H15N7O/c1-3-4-12-9-6-13-8(5-14-9)10(19)17-11-15-7-16-18(11)2/h5-7H,3-4H2,1-2H3,(H,12,14)(H,15,16,17,19). The van der Waals surface area contributed by atoms with E-state index in [1.165, 1.54) is 23.4 Å². The molecule has 2 N–H and O–H groups in total. The Balaban J connectivity index is 2.01. The van der Waals surface area contributed by atoms with Gasteiger partial charge in [-0.15, -0.1) is 0 Å². The van der Waals surface area contributed by atoms with E-state index in [2.05, 4.69) is 37.6 Å². The summed E-state index contributed by atoms with van der Waals surface area (Å²) in [5.41, 5.74) is 0.227. The number of anilines is 2. The molecule has 0 bridgehead atoms. The summed E-state index contributed by atoms with van der Waals surface area (Å²) in [5, 5.41) is 9.54. The number of carbonyl (C=O) groups is 1. The van der Waals surface area contributed by atoms with Gasteiger partial charge in [0.15, 0.2) is 0 Å². The number of nitrogens with zero attached hydrogens (tertiary/aromatic N) is 5. The van der Waals surface area contributed by atoms with Crippen LogP contribution in [0.5, 0.6) is 0 Å². The highest BCUT2D eigenvalue weighted by Gasteiger charge is 2.11. The Morgan fingerprint density at radius 1 is 1.32 bits per heavy atom. The first-order valence-corrected chi connectivity index (χ1v) is 5.92. The van der Waals surface area contributed by atoms with Gasteiger partial charge in [-0.05, 0) is 6.42 Å². The van der Waals surface area contributed by atoms with Gasteiger partial charge < -0.3 is 5.32 Å². The molecule has 0 unspecified atom stereocenters. The Bertz CT molecular complexity index is 548. The number of hydrogen-bond donors (Lipinski definition) is 2. The molecule has 0 spiro atoms. The molecule has 0 saturated heterocycles. The molecule has 2 aromatic rings. The SMILES string of the molecule is CCCNc1cnc(C(=O)Nc2ncnn2C)cn1. The second-order valence-electron chi connectivity index (χ2n) is 3.88. The van der Waals surface area contributed by atoms with Crippen molar-refractivity contribution in [2.45, 2.75) is 13.3 Å². The molecule has 8 heteroatoms. The van der Waals surface area contributed by atoms with E-state index < -0.39 is 0 Å². The van der Waals surface area contributed by atoms with Crippen LogP contribution in [0.4, 0.5) is 11.8 Å². The lowest BCUT2D eigenvalue weighted by atomic mass is 10.4. The molecule has 0 aliphatic heterocycles. The number of nitrogens with one attached hydrogen (secondary N) is 2. The highest BCUT2D eigenvalue weighted by molar-refractivity contribution is 6.01. The van der Waals surface area contributed by atoms with Crippen molar-refractivity contribution in [3.05, 3.63) is 24.4 Å². The van der Waals surface area contributed by atoms with Crippen molar-refractivity contribution >= 4 is 17.7 Å². The van der Waals surface area contributed by atoms with Crippen molar-refractivity contribution in [3.63, 3.8) is 0 Å². The molecular formula is C11H15N7O. The molecule has 19 heavy (non-hydrogen) atoms. The summed E-state index contributed by atoms with van der Waals surface area (Å²) in [6.45, 7) is 2.88. The molecule has 0 atom stereocenters. The van der Waals surface area contributed by atoms with Crippen molar-refractivity contribution in [1.29, 1.82) is 0 Å². The van der Waals surface area contributed by atoms with Gasteiger partial charge in [0.1, 0.15) is 17.8 Å². The highest BCUT2D eigenvalue weighted by Crippen LogP contribution is 2.04. The molecule has 2 heterocycles. The maximum atomic E-state index is 11.9. The Hall–Kier alpha value is -2.51. The van der Waals surface area contributed by atoms with E-state index in [0.29, 0.717) is 11.8 Å². The van der Waals surface area contributed by atoms with Crippen molar-refractivity contribution in [1.82, 2.24) is 24.7 Å². The van der Waals surface area contributed by atoms with Crippen LogP contribution in [0.2, 0.25) is 0 Å². The Labute approximate surface area is 110 Å². The normalized spacial score (nSPS) is 10.2. The van der Waals surface area contributed by atoms with E-state index in [-0.39, 0.29) is 11.6 Å². The van der Waals surface area contributed by atoms with Gasteiger partial charge in [-0.1, -0.05) is 6.92 Å². The van der Waals surface area contributed by atoms with Crippen LogP contribution in [0, 0.1) is 0 Å². The smallest absolute Gasteiger partial charge is 0.278 e. The molecule has 1 amide bonds. The fraction of sp³-hybridized carbons (Fsp3) is 0.364. The predicted molar refractivity (Wildman–Crippen MR) is 69.8 cm³/mol. The zero-order valence-electron chi connectivity index (χ0n) is 10.8. The van der Waals surface area contributed by atoms with Crippen LogP contribution in [0.25, 0.3) is 0 Å². The Morgan fingerprint density at radius 2 is 2.16 bits per heavy atom. The zero-order valence-corrected chi connectivity index (χ0v) is 10.8. The summed E-state index contributed by atoms with van der Waals surface area (Å²) in [5.74, 6) is 0.641. The largest absolute Gasteiger partial charge is 0.369 e. The van der Waals surface area contributed by atoms with Crippen LogP contribution in [0.1, 0.15) is 23.8 Å². The summed E-state index contributed by atoms with van der Waals surface area (Å²) < 4.78 is 1.46. The second kappa shape index (κ2) is 5.89. The molecule has 0 fully saturated rings. The van der Waals surface area contributed by atoms with E-state index in [1.54, 1.807) is 7.05 Å². The fourth-order valence-electron chi connectivity index (χ4n) is 1.36. The van der Waals surface area contributed by atoms with Crippen LogP contribution >= 0.6 is 0 Å². The van der Waals surface area contributed by atoms with Gasteiger partial charge >= 0.3 is 0 Å². The first kappa shape index (κ1) is 12.9. The summed E-state index contributed by atoms with van der Waals surface area (Å²) in [6.07, 6.45) is 5.31. The van der Waals surface area contributed by atoms with Crippen molar-refractivity contribution < 1.29 is 4.79 Å². The predicted octanol–water partition coefficient (Wildman–Crippen LogP) is 0.679. The van der Waals surface area contributed by atoms with Crippen LogP contribution in [0.15, 0.2) is 18.7 Å². The lowest BCUT2D eigenvalue weighted by Crippen LogP contribution is -2.17. The molecule has 0 aliphatic rings. The average Bonchev–Trinajstić information content (AvgIpc) is 2.82. The maximum absolute atomic E-state index is 11.9. The van der Waals surface area contributed by atoms with Gasteiger partial charge in [0.2, 0.25) is 5.95 Å². The number of rotatable bonds is 5. The third-order valence-corrected chi connectivity index (χ3v) is 2.38. The van der Waals surface area contributed by atoms with Gasteiger partial charge in [0, 0.05) is 13.6 Å². The van der Waals surface area contributed by atoms with Crippen LogP contribution in [-0.2, 0) is 7.05 Å². The van der Waals surface area contributed by atoms with E-state index in [4.69, 9.17) is 0 Å². The first-order chi connectivity index (χ1) is 9.20. The first-order valence-electron chi connectivity index (χ1n) is 5.92. The number of aromatic nitrogens is 5. The van der Waals surface area contributed by atoms with E-state index in [0.717, 1.165) is 13.0 Å². The number of amides is 1. The van der Waals surface area contributed by atoms with Crippen molar-refractivity contribution in [2.24, 2.45) is 7.05 Å². The lowest BCUT2D eigenvalue weighted by Gasteiger charge is -2.05. The molecule has 0 aromatic carbocycles. The van der Waals surface area contributed by atoms with Crippen molar-refractivity contribution in [3.8, 4) is 0 Å². The minimum absolute atomic E-state index is 0.227. The molecule has 2 rings (SSSR count). The molecule has 8 nitrogen and oxygen atoms in total. The minimum Gasteiger partial charge on any atom is -0.369 e. The molecule has 100 valence electrons. The summed E-state index contributed by atoms with van der Waals surface area (Å²) >= 11 is 0. The van der Waals surface area contributed by atoms with Gasteiger partial charge in [-0.25, -0.2) is 14.6 Å². The zero-order chi connectivity index (χ0) is 13.7.